The van der Waals surface area contributed by atoms with E-state index in [2.05, 4.69) is 21.0 Å². The van der Waals surface area contributed by atoms with Gasteiger partial charge in [0.25, 0.3) is 11.5 Å². The number of para-hydroxylation sites is 1. The van der Waals surface area contributed by atoms with Gasteiger partial charge >= 0.3 is 0 Å². The second-order valence-corrected chi connectivity index (χ2v) is 7.83. The molecular formula is C21H19FN6O3S. The largest absolute Gasteiger partial charge is 0.276 e. The third-order valence-electron chi connectivity index (χ3n) is 4.68. The van der Waals surface area contributed by atoms with Crippen molar-refractivity contribution in [2.75, 3.05) is 5.75 Å². The number of nitrogens with zero attached hydrogens (tertiary/aromatic N) is 4. The number of halogens is 1. The molecular weight excluding hydrogens is 435 g/mol. The summed E-state index contributed by atoms with van der Waals surface area (Å²) in [7, 11) is 0. The smallest absolute Gasteiger partial charge is 0.269 e. The second-order valence-electron chi connectivity index (χ2n) is 6.89. The average molecular weight is 454 g/mol. The van der Waals surface area contributed by atoms with Crippen molar-refractivity contribution in [2.45, 2.75) is 25.0 Å². The Morgan fingerprint density at radius 1 is 1.06 bits per heavy atom. The normalized spacial score (nSPS) is 11.1. The topological polar surface area (TPSA) is 110 Å². The average Bonchev–Trinajstić information content (AvgIpc) is 3.23. The molecule has 32 heavy (non-hydrogen) atoms. The molecule has 2 amide bonds. The van der Waals surface area contributed by atoms with Crippen molar-refractivity contribution >= 4 is 40.3 Å². The maximum absolute atomic E-state index is 13.0. The lowest BCUT2D eigenvalue weighted by Gasteiger charge is -2.10. The summed E-state index contributed by atoms with van der Waals surface area (Å²) in [6.45, 7) is 2.46. The van der Waals surface area contributed by atoms with Gasteiger partial charge in [0.1, 0.15) is 5.82 Å². The quantitative estimate of drug-likeness (QED) is 0.341. The number of fused-ring (bicyclic) bond motifs is 3. The predicted octanol–water partition coefficient (Wildman–Crippen LogP) is 2.15. The summed E-state index contributed by atoms with van der Waals surface area (Å²) >= 11 is 1.12. The van der Waals surface area contributed by atoms with Crippen LogP contribution in [-0.4, -0.2) is 36.7 Å². The molecule has 0 fully saturated rings. The van der Waals surface area contributed by atoms with Crippen molar-refractivity contribution < 1.29 is 14.0 Å². The van der Waals surface area contributed by atoms with Gasteiger partial charge in [-0.1, -0.05) is 30.8 Å². The predicted molar refractivity (Wildman–Crippen MR) is 118 cm³/mol. The van der Waals surface area contributed by atoms with E-state index in [1.165, 1.54) is 12.1 Å². The standard InChI is InChI=1S/C21H19FN6O3S/c1-2-11-27-19(31)15-5-3-4-6-16(15)28-20(27)25-26-21(28)32-12-17(29)23-24-18(30)13-7-9-14(22)10-8-13/h3-10H,2,11-12H2,1H3,(H,23,29)(H,24,30). The van der Waals surface area contributed by atoms with Crippen LogP contribution in [0.4, 0.5) is 4.39 Å². The molecule has 4 rings (SSSR count). The number of carbonyl (C=O) groups excluding carboxylic acids is 2. The molecule has 0 aliphatic heterocycles. The highest BCUT2D eigenvalue weighted by molar-refractivity contribution is 7.99. The summed E-state index contributed by atoms with van der Waals surface area (Å²) in [4.78, 5) is 37.1. The van der Waals surface area contributed by atoms with Crippen LogP contribution in [0.5, 0.6) is 0 Å². The molecule has 2 aromatic carbocycles. The molecule has 4 aromatic rings. The molecule has 0 aliphatic rings. The fraction of sp³-hybridized carbons (Fsp3) is 0.190. The maximum Gasteiger partial charge on any atom is 0.269 e. The molecule has 0 atom stereocenters. The van der Waals surface area contributed by atoms with Crippen molar-refractivity contribution in [3.8, 4) is 0 Å². The van der Waals surface area contributed by atoms with E-state index in [0.717, 1.165) is 30.3 Å². The zero-order valence-electron chi connectivity index (χ0n) is 17.0. The SMILES string of the molecule is CCCn1c(=O)c2ccccc2n2c(SCC(=O)NNC(=O)c3ccc(F)cc3)nnc12. The molecule has 0 saturated carbocycles. The second kappa shape index (κ2) is 9.18. The number of nitrogens with one attached hydrogen (secondary N) is 2. The number of amides is 2. The molecule has 0 spiro atoms. The van der Waals surface area contributed by atoms with Gasteiger partial charge < -0.3 is 0 Å². The molecule has 9 nitrogen and oxygen atoms in total. The first-order valence-corrected chi connectivity index (χ1v) is 10.8. The minimum absolute atomic E-state index is 0.0499. The zero-order valence-corrected chi connectivity index (χ0v) is 17.9. The lowest BCUT2D eigenvalue weighted by Crippen LogP contribution is -2.42. The highest BCUT2D eigenvalue weighted by Gasteiger charge is 2.17. The minimum Gasteiger partial charge on any atom is -0.276 e. The van der Waals surface area contributed by atoms with Crippen LogP contribution in [0.3, 0.4) is 0 Å². The van der Waals surface area contributed by atoms with Crippen molar-refractivity contribution in [1.29, 1.82) is 0 Å². The third kappa shape index (κ3) is 4.19. The summed E-state index contributed by atoms with van der Waals surface area (Å²) in [6.07, 6.45) is 0.749. The van der Waals surface area contributed by atoms with E-state index < -0.39 is 17.6 Å². The van der Waals surface area contributed by atoms with E-state index in [1.54, 1.807) is 27.2 Å². The molecule has 0 aliphatic carbocycles. The van der Waals surface area contributed by atoms with Crippen LogP contribution in [0, 0.1) is 5.82 Å². The zero-order chi connectivity index (χ0) is 22.7. The fourth-order valence-electron chi connectivity index (χ4n) is 3.22. The third-order valence-corrected chi connectivity index (χ3v) is 5.61. The number of carbonyl (C=O) groups is 2. The van der Waals surface area contributed by atoms with Gasteiger partial charge in [0.05, 0.1) is 16.7 Å². The summed E-state index contributed by atoms with van der Waals surface area (Å²) in [5.74, 6) is -1.13. The molecule has 2 aromatic heterocycles. The van der Waals surface area contributed by atoms with Crippen LogP contribution in [0.1, 0.15) is 23.7 Å². The number of hydrazine groups is 1. The molecule has 0 unspecified atom stereocenters. The summed E-state index contributed by atoms with van der Waals surface area (Å²) in [5, 5.41) is 9.31. The number of aromatic nitrogens is 4. The fourth-order valence-corrected chi connectivity index (χ4v) is 3.96. The number of hydrogen-bond donors (Lipinski definition) is 2. The van der Waals surface area contributed by atoms with Crippen molar-refractivity contribution in [1.82, 2.24) is 30.0 Å². The van der Waals surface area contributed by atoms with Crippen molar-refractivity contribution in [3.63, 3.8) is 0 Å². The Kier molecular flexibility index (Phi) is 6.17. The van der Waals surface area contributed by atoms with Crippen LogP contribution in [0.25, 0.3) is 16.7 Å². The van der Waals surface area contributed by atoms with Crippen LogP contribution in [0.15, 0.2) is 58.5 Å². The highest BCUT2D eigenvalue weighted by Crippen LogP contribution is 2.21. The minimum atomic E-state index is -0.564. The van der Waals surface area contributed by atoms with Crippen molar-refractivity contribution in [2.24, 2.45) is 0 Å². The molecule has 164 valence electrons. The van der Waals surface area contributed by atoms with Gasteiger partial charge in [-0.05, 0) is 42.8 Å². The molecule has 2 heterocycles. The Hall–Kier alpha value is -3.73. The number of thioether (sulfide) groups is 1. The van der Waals surface area contributed by atoms with Crippen LogP contribution < -0.4 is 16.4 Å². The Balaban J connectivity index is 1.51. The van der Waals surface area contributed by atoms with Gasteiger partial charge in [-0.25, -0.2) is 4.39 Å². The van der Waals surface area contributed by atoms with Crippen LogP contribution >= 0.6 is 11.8 Å². The monoisotopic (exact) mass is 454 g/mol. The van der Waals surface area contributed by atoms with Gasteiger partial charge in [0.2, 0.25) is 11.7 Å². The van der Waals surface area contributed by atoms with E-state index in [-0.39, 0.29) is 16.9 Å². The number of aryl methyl sites for hydroxylation is 1. The number of benzene rings is 2. The highest BCUT2D eigenvalue weighted by atomic mass is 32.2. The summed E-state index contributed by atoms with van der Waals surface area (Å²) in [6, 6.07) is 12.1. The first kappa shape index (κ1) is 21.5. The van der Waals surface area contributed by atoms with Gasteiger partial charge in [0.15, 0.2) is 5.16 Å². The Labute approximate surface area is 185 Å². The Bertz CT molecular complexity index is 1370. The lowest BCUT2D eigenvalue weighted by atomic mass is 10.2. The lowest BCUT2D eigenvalue weighted by molar-refractivity contribution is -0.119. The van der Waals surface area contributed by atoms with Crippen LogP contribution in [0.2, 0.25) is 0 Å². The molecule has 0 saturated heterocycles. The summed E-state index contributed by atoms with van der Waals surface area (Å²) < 4.78 is 16.3. The Morgan fingerprint density at radius 2 is 1.81 bits per heavy atom. The molecule has 11 heteroatoms. The van der Waals surface area contributed by atoms with E-state index in [9.17, 15) is 18.8 Å². The van der Waals surface area contributed by atoms with E-state index >= 15 is 0 Å². The first-order valence-electron chi connectivity index (χ1n) is 9.84. The van der Waals surface area contributed by atoms with Crippen LogP contribution in [-0.2, 0) is 11.3 Å². The number of rotatable bonds is 6. The van der Waals surface area contributed by atoms with Gasteiger partial charge in [-0.15, -0.1) is 10.2 Å². The van der Waals surface area contributed by atoms with Crippen molar-refractivity contribution in [3.05, 3.63) is 70.3 Å². The first-order chi connectivity index (χ1) is 15.5. The molecule has 2 N–H and O–H groups in total. The Morgan fingerprint density at radius 3 is 2.56 bits per heavy atom. The molecule has 0 bridgehead atoms. The van der Waals surface area contributed by atoms with E-state index in [0.29, 0.717) is 28.4 Å². The van der Waals surface area contributed by atoms with E-state index in [1.807, 2.05) is 13.0 Å². The summed E-state index contributed by atoms with van der Waals surface area (Å²) in [5.41, 5.74) is 5.33. The van der Waals surface area contributed by atoms with Gasteiger partial charge in [0, 0.05) is 12.1 Å². The maximum atomic E-state index is 13.0. The number of hydrogen-bond acceptors (Lipinski definition) is 6. The van der Waals surface area contributed by atoms with Gasteiger partial charge in [-0.2, -0.15) is 0 Å². The van der Waals surface area contributed by atoms with Gasteiger partial charge in [-0.3, -0.25) is 34.2 Å². The van der Waals surface area contributed by atoms with E-state index in [4.69, 9.17) is 0 Å². The molecule has 0 radical (unpaired) electrons.